The number of nitriles is 1. The van der Waals surface area contributed by atoms with Crippen LogP contribution < -0.4 is 9.47 Å². The monoisotopic (exact) mass is 878 g/mol. The highest BCUT2D eigenvalue weighted by Gasteiger charge is 2.21. The molecule has 0 saturated heterocycles. The number of benzene rings is 3. The summed E-state index contributed by atoms with van der Waals surface area (Å²) in [7, 11) is 0. The molecule has 8 rings (SSSR count). The van der Waals surface area contributed by atoms with E-state index in [0.29, 0.717) is 77.4 Å². The maximum Gasteiger partial charge on any atom is 0.303 e. The van der Waals surface area contributed by atoms with Crippen LogP contribution in [0, 0.1) is 23.0 Å². The first-order valence-electron chi connectivity index (χ1n) is 19.4. The Balaban J connectivity index is 0.000000189. The van der Waals surface area contributed by atoms with Gasteiger partial charge in [-0.05, 0) is 100 Å². The van der Waals surface area contributed by atoms with Crippen LogP contribution in [0.3, 0.4) is 0 Å². The number of H-pyrrole nitrogens is 2. The van der Waals surface area contributed by atoms with Gasteiger partial charge in [0.05, 0.1) is 34.4 Å². The van der Waals surface area contributed by atoms with Gasteiger partial charge in [0.25, 0.3) is 11.8 Å². The lowest BCUT2D eigenvalue weighted by atomic mass is 10.0. The number of carboxylic acids is 2. The van der Waals surface area contributed by atoms with Crippen molar-refractivity contribution < 1.29 is 47.1 Å². The SMILES string of the molecule is CC(C)Oc1ccc(-c2nc(-c3ccc(F)c4c(CCC(=O)O)c[nH]c34)no2)cc1C#N.CC(C)Oc1ncc(-c2nc(-c3ccc(F)c4c(CCC(=O)O)c[nH]c34)no2)cc1Cl. The average Bonchev–Trinajstić information content (AvgIpc) is 4.08. The van der Waals surface area contributed by atoms with Gasteiger partial charge in [-0.3, -0.25) is 9.59 Å². The number of aryl methyl sites for hydroxylation is 2. The highest BCUT2D eigenvalue weighted by atomic mass is 35.5. The second-order valence-corrected chi connectivity index (χ2v) is 15.0. The summed E-state index contributed by atoms with van der Waals surface area (Å²) < 4.78 is 50.9. The Labute approximate surface area is 361 Å². The van der Waals surface area contributed by atoms with Gasteiger partial charge in [-0.15, -0.1) is 0 Å². The zero-order chi connectivity index (χ0) is 44.9. The maximum atomic E-state index is 14.5. The van der Waals surface area contributed by atoms with E-state index in [1.54, 1.807) is 36.7 Å². The molecule has 8 aromatic rings. The number of aliphatic carboxylic acids is 2. The number of hydrogen-bond acceptors (Lipinski definition) is 12. The molecule has 0 aliphatic heterocycles. The van der Waals surface area contributed by atoms with Crippen molar-refractivity contribution in [2.24, 2.45) is 0 Å². The van der Waals surface area contributed by atoms with Gasteiger partial charge in [0.15, 0.2) is 0 Å². The smallest absolute Gasteiger partial charge is 0.303 e. The summed E-state index contributed by atoms with van der Waals surface area (Å²) in [5.74, 6) is -1.20. The fraction of sp³-hybridized carbons (Fsp3) is 0.227. The number of rotatable bonds is 14. The molecule has 0 aliphatic carbocycles. The van der Waals surface area contributed by atoms with Crippen LogP contribution in [0.5, 0.6) is 11.6 Å². The number of aromatic amines is 2. The summed E-state index contributed by atoms with van der Waals surface area (Å²) in [4.78, 5) is 40.8. The normalized spacial score (nSPS) is 11.2. The number of carbonyl (C=O) groups is 2. The summed E-state index contributed by atoms with van der Waals surface area (Å²) in [5.41, 5.74) is 4.47. The summed E-state index contributed by atoms with van der Waals surface area (Å²) in [6, 6.07) is 14.4. The molecular formula is C44H37ClF2N8O8. The third-order valence-corrected chi connectivity index (χ3v) is 9.67. The molecule has 0 radical (unpaired) electrons. The molecule has 19 heteroatoms. The molecule has 0 fully saturated rings. The Bertz CT molecular complexity index is 3020. The first-order chi connectivity index (χ1) is 30.2. The largest absolute Gasteiger partial charge is 0.490 e. The zero-order valence-corrected chi connectivity index (χ0v) is 34.8. The topological polar surface area (TPSA) is 239 Å². The van der Waals surface area contributed by atoms with E-state index in [9.17, 15) is 23.6 Å². The van der Waals surface area contributed by atoms with Crippen LogP contribution in [0.15, 0.2) is 76.2 Å². The van der Waals surface area contributed by atoms with Crippen LogP contribution in [-0.2, 0) is 22.4 Å². The Morgan fingerprint density at radius 2 is 1.30 bits per heavy atom. The number of hydrogen-bond donors (Lipinski definition) is 4. The van der Waals surface area contributed by atoms with E-state index in [1.807, 2.05) is 27.7 Å². The molecule has 0 amide bonds. The third kappa shape index (κ3) is 9.63. The van der Waals surface area contributed by atoms with Gasteiger partial charge in [0.1, 0.15) is 28.5 Å². The molecule has 0 unspecified atom stereocenters. The molecule has 0 saturated carbocycles. The number of nitrogens with zero attached hydrogens (tertiary/aromatic N) is 6. The van der Waals surface area contributed by atoms with Gasteiger partial charge in [-0.2, -0.15) is 15.2 Å². The Morgan fingerprint density at radius 3 is 1.78 bits per heavy atom. The molecule has 0 spiro atoms. The van der Waals surface area contributed by atoms with Gasteiger partial charge in [-0.25, -0.2) is 13.8 Å². The molecule has 0 bridgehead atoms. The predicted octanol–water partition coefficient (Wildman–Crippen LogP) is 9.58. The van der Waals surface area contributed by atoms with E-state index in [0.717, 1.165) is 0 Å². The second-order valence-electron chi connectivity index (χ2n) is 14.6. The number of carboxylic acid groups (broad SMARTS) is 2. The van der Waals surface area contributed by atoms with E-state index in [1.165, 1.54) is 30.5 Å². The Kier molecular flexibility index (Phi) is 12.8. The molecular weight excluding hydrogens is 842 g/mol. The molecule has 4 N–H and O–H groups in total. The highest BCUT2D eigenvalue weighted by Crippen LogP contribution is 2.35. The standard InChI is InChI=1S/C23H19FN4O4.C21H18ClFN4O4/c1-12(2)31-18-7-3-13(9-15(18)10-25)23-27-22(28-32-23)16-5-6-17(24)20-14(4-8-19(29)30)11-26-21(16)20;1-10(2)30-21-14(22)7-12(9-25-21)20-26-19(27-31-20)13-4-5-15(23)17-11(3-6-16(28)29)8-24-18(13)17/h3,5-7,9,11-12,26H,4,8H2,1-2H3,(H,29,30);4-5,7-10,24H,3,6H2,1-2H3,(H,28,29). The highest BCUT2D eigenvalue weighted by molar-refractivity contribution is 6.32. The Morgan fingerprint density at radius 1 is 0.778 bits per heavy atom. The van der Waals surface area contributed by atoms with Crippen molar-refractivity contribution in [2.45, 2.75) is 65.6 Å². The van der Waals surface area contributed by atoms with E-state index < -0.39 is 23.6 Å². The van der Waals surface area contributed by atoms with Gasteiger partial charge < -0.3 is 38.7 Å². The van der Waals surface area contributed by atoms with Crippen LogP contribution in [-0.4, -0.2) is 69.6 Å². The van der Waals surface area contributed by atoms with Crippen molar-refractivity contribution in [1.29, 1.82) is 5.26 Å². The van der Waals surface area contributed by atoms with Crippen molar-refractivity contribution in [3.8, 4) is 63.4 Å². The van der Waals surface area contributed by atoms with E-state index in [-0.39, 0.29) is 61.3 Å². The van der Waals surface area contributed by atoms with Crippen LogP contribution in [0.25, 0.3) is 67.5 Å². The summed E-state index contributed by atoms with van der Waals surface area (Å²) in [5, 5.41) is 36.2. The van der Waals surface area contributed by atoms with E-state index in [2.05, 4.69) is 41.3 Å². The van der Waals surface area contributed by atoms with Crippen LogP contribution >= 0.6 is 11.6 Å². The van der Waals surface area contributed by atoms with Gasteiger partial charge in [0.2, 0.25) is 17.5 Å². The molecule has 0 atom stereocenters. The summed E-state index contributed by atoms with van der Waals surface area (Å²) in [6.45, 7) is 7.48. The Hall–Kier alpha value is -7.65. The minimum absolute atomic E-state index is 0.0760. The lowest BCUT2D eigenvalue weighted by Crippen LogP contribution is -2.07. The number of fused-ring (bicyclic) bond motifs is 2. The molecule has 5 heterocycles. The molecule has 16 nitrogen and oxygen atoms in total. The summed E-state index contributed by atoms with van der Waals surface area (Å²) >= 11 is 6.23. The van der Waals surface area contributed by atoms with E-state index >= 15 is 0 Å². The zero-order valence-electron chi connectivity index (χ0n) is 34.0. The number of nitrogens with one attached hydrogen (secondary N) is 2. The fourth-order valence-electron chi connectivity index (χ4n) is 6.65. The lowest BCUT2D eigenvalue weighted by molar-refractivity contribution is -0.138. The second kappa shape index (κ2) is 18.5. The van der Waals surface area contributed by atoms with Crippen molar-refractivity contribution in [1.82, 2.24) is 35.2 Å². The average molecular weight is 879 g/mol. The molecule has 3 aromatic carbocycles. The molecule has 322 valence electrons. The van der Waals surface area contributed by atoms with Crippen molar-refractivity contribution in [3.05, 3.63) is 100 Å². The van der Waals surface area contributed by atoms with Crippen LogP contribution in [0.4, 0.5) is 8.78 Å². The van der Waals surface area contributed by atoms with Gasteiger partial charge >= 0.3 is 11.9 Å². The van der Waals surface area contributed by atoms with Gasteiger partial charge in [-0.1, -0.05) is 21.9 Å². The maximum absolute atomic E-state index is 14.5. The number of ether oxygens (including phenoxy) is 2. The number of halogens is 3. The first-order valence-corrected chi connectivity index (χ1v) is 19.8. The minimum Gasteiger partial charge on any atom is -0.490 e. The van der Waals surface area contributed by atoms with E-state index in [4.69, 9.17) is 40.3 Å². The number of pyridine rings is 1. The number of aromatic nitrogens is 7. The molecule has 63 heavy (non-hydrogen) atoms. The van der Waals surface area contributed by atoms with Crippen molar-refractivity contribution in [3.63, 3.8) is 0 Å². The van der Waals surface area contributed by atoms with Gasteiger partial charge in [0, 0.05) is 58.9 Å². The van der Waals surface area contributed by atoms with Crippen molar-refractivity contribution >= 4 is 45.3 Å². The van der Waals surface area contributed by atoms with Crippen LogP contribution in [0.2, 0.25) is 5.02 Å². The lowest BCUT2D eigenvalue weighted by Gasteiger charge is -2.11. The predicted molar refractivity (Wildman–Crippen MR) is 225 cm³/mol. The summed E-state index contributed by atoms with van der Waals surface area (Å²) in [6.07, 6.45) is 4.72. The molecule has 5 aromatic heterocycles. The third-order valence-electron chi connectivity index (χ3n) is 9.39. The van der Waals surface area contributed by atoms with Crippen LogP contribution in [0.1, 0.15) is 57.2 Å². The first kappa shape index (κ1) is 43.4. The minimum atomic E-state index is -0.958. The quantitative estimate of drug-likeness (QED) is 0.0796. The van der Waals surface area contributed by atoms with Crippen molar-refractivity contribution in [2.75, 3.05) is 0 Å². The molecule has 0 aliphatic rings. The fourth-order valence-corrected chi connectivity index (χ4v) is 6.87.